The molecule has 3 nitrogen and oxygen atoms in total. The van der Waals surface area contributed by atoms with Gasteiger partial charge >= 0.3 is 0 Å². The highest BCUT2D eigenvalue weighted by molar-refractivity contribution is 7.14. The van der Waals surface area contributed by atoms with Gasteiger partial charge in [-0.2, -0.15) is 0 Å². The van der Waals surface area contributed by atoms with E-state index in [0.29, 0.717) is 0 Å². The minimum atomic E-state index is 0.892. The van der Waals surface area contributed by atoms with Crippen LogP contribution in [0.1, 0.15) is 33.1 Å². The van der Waals surface area contributed by atoms with Crippen LogP contribution in [0, 0.1) is 5.92 Å². The molecular formula is C17H33N3S. The molecule has 0 spiro atoms. The number of hydrogen-bond donors (Lipinski definition) is 1. The van der Waals surface area contributed by atoms with Gasteiger partial charge < -0.3 is 15.1 Å². The SMILES string of the molecule is CCC.CN(CCN(C)c1cccs1)CC1CCNCC1. The van der Waals surface area contributed by atoms with Crippen molar-refractivity contribution in [2.75, 3.05) is 51.7 Å². The summed E-state index contributed by atoms with van der Waals surface area (Å²) in [5, 5.41) is 6.94. The third kappa shape index (κ3) is 7.84. The second kappa shape index (κ2) is 11.0. The van der Waals surface area contributed by atoms with E-state index in [1.54, 1.807) is 0 Å². The van der Waals surface area contributed by atoms with Crippen LogP contribution in [0.2, 0.25) is 0 Å². The Morgan fingerprint density at radius 1 is 1.19 bits per heavy atom. The predicted octanol–water partition coefficient (Wildman–Crippen LogP) is 3.53. The Balaban J connectivity index is 0.000000677. The number of hydrogen-bond acceptors (Lipinski definition) is 4. The minimum absolute atomic E-state index is 0.892. The largest absolute Gasteiger partial charge is 0.365 e. The Bertz CT molecular complexity index is 334. The van der Waals surface area contributed by atoms with Crippen LogP contribution in [0.25, 0.3) is 0 Å². The third-order valence-electron chi connectivity index (χ3n) is 3.73. The molecule has 0 amide bonds. The van der Waals surface area contributed by atoms with Crippen LogP contribution < -0.4 is 10.2 Å². The van der Waals surface area contributed by atoms with Crippen molar-refractivity contribution in [2.45, 2.75) is 33.1 Å². The highest BCUT2D eigenvalue weighted by Crippen LogP contribution is 2.19. The number of anilines is 1. The zero-order chi connectivity index (χ0) is 15.5. The molecule has 21 heavy (non-hydrogen) atoms. The summed E-state index contributed by atoms with van der Waals surface area (Å²) in [6.07, 6.45) is 3.93. The quantitative estimate of drug-likeness (QED) is 0.867. The van der Waals surface area contributed by atoms with E-state index in [2.05, 4.69) is 60.6 Å². The number of thiophene rings is 1. The third-order valence-corrected chi connectivity index (χ3v) is 4.71. The van der Waals surface area contributed by atoms with Crippen LogP contribution in [-0.4, -0.2) is 51.7 Å². The van der Waals surface area contributed by atoms with E-state index in [1.165, 1.54) is 43.9 Å². The molecule has 4 heteroatoms. The molecule has 0 radical (unpaired) electrons. The predicted molar refractivity (Wildman–Crippen MR) is 96.6 cm³/mol. The van der Waals surface area contributed by atoms with Gasteiger partial charge in [0.25, 0.3) is 0 Å². The molecule has 2 rings (SSSR count). The zero-order valence-corrected chi connectivity index (χ0v) is 15.1. The van der Waals surface area contributed by atoms with Gasteiger partial charge in [0.15, 0.2) is 0 Å². The van der Waals surface area contributed by atoms with Crippen LogP contribution in [0.4, 0.5) is 5.00 Å². The molecule has 1 aromatic rings. The standard InChI is InChI=1S/C14H25N3S.C3H8/c1-16(12-13-5-7-15-8-6-13)9-10-17(2)14-4-3-11-18-14;1-3-2/h3-4,11,13,15H,5-10,12H2,1-2H3;3H2,1-2H3. The lowest BCUT2D eigenvalue weighted by atomic mass is 9.98. The van der Waals surface area contributed by atoms with Crippen molar-refractivity contribution in [3.63, 3.8) is 0 Å². The van der Waals surface area contributed by atoms with Gasteiger partial charge in [0.05, 0.1) is 5.00 Å². The molecule has 1 aliphatic rings. The van der Waals surface area contributed by atoms with Crippen molar-refractivity contribution >= 4 is 16.3 Å². The second-order valence-corrected chi connectivity index (χ2v) is 6.96. The first-order chi connectivity index (χ1) is 10.2. The van der Waals surface area contributed by atoms with Crippen LogP contribution in [0.15, 0.2) is 17.5 Å². The highest BCUT2D eigenvalue weighted by Gasteiger charge is 2.15. The summed E-state index contributed by atoms with van der Waals surface area (Å²) in [5.41, 5.74) is 0. The second-order valence-electron chi connectivity index (χ2n) is 6.04. The maximum Gasteiger partial charge on any atom is 0.0906 e. The summed E-state index contributed by atoms with van der Waals surface area (Å²) < 4.78 is 0. The Kier molecular flexibility index (Phi) is 9.72. The fourth-order valence-electron chi connectivity index (χ4n) is 2.51. The zero-order valence-electron chi connectivity index (χ0n) is 14.3. The molecule has 0 unspecified atom stereocenters. The van der Waals surface area contributed by atoms with Crippen molar-refractivity contribution in [3.05, 3.63) is 17.5 Å². The molecule has 0 aliphatic carbocycles. The van der Waals surface area contributed by atoms with E-state index in [1.807, 2.05) is 11.3 Å². The molecule has 0 aromatic carbocycles. The molecule has 0 atom stereocenters. The summed E-state index contributed by atoms with van der Waals surface area (Å²) in [6.45, 7) is 10.2. The average molecular weight is 312 g/mol. The van der Waals surface area contributed by atoms with Crippen LogP contribution in [0.5, 0.6) is 0 Å². The molecule has 1 N–H and O–H groups in total. The van der Waals surface area contributed by atoms with Gasteiger partial charge in [0.1, 0.15) is 0 Å². The van der Waals surface area contributed by atoms with Crippen LogP contribution >= 0.6 is 11.3 Å². The van der Waals surface area contributed by atoms with Gasteiger partial charge in [-0.15, -0.1) is 11.3 Å². The molecule has 0 saturated carbocycles. The number of piperidine rings is 1. The first-order valence-corrected chi connectivity index (χ1v) is 9.19. The van der Waals surface area contributed by atoms with Crippen molar-refractivity contribution in [1.29, 1.82) is 0 Å². The lowest BCUT2D eigenvalue weighted by Gasteiger charge is -2.28. The number of rotatable bonds is 6. The fourth-order valence-corrected chi connectivity index (χ4v) is 3.24. The van der Waals surface area contributed by atoms with Gasteiger partial charge in [0, 0.05) is 26.7 Å². The topological polar surface area (TPSA) is 18.5 Å². The van der Waals surface area contributed by atoms with Crippen molar-refractivity contribution in [1.82, 2.24) is 10.2 Å². The Labute approximate surface area is 135 Å². The first-order valence-electron chi connectivity index (χ1n) is 8.31. The van der Waals surface area contributed by atoms with Crippen molar-refractivity contribution < 1.29 is 0 Å². The van der Waals surface area contributed by atoms with E-state index in [4.69, 9.17) is 0 Å². The summed E-state index contributed by atoms with van der Waals surface area (Å²) in [4.78, 5) is 4.84. The lowest BCUT2D eigenvalue weighted by molar-refractivity contribution is 0.244. The van der Waals surface area contributed by atoms with Crippen LogP contribution in [0.3, 0.4) is 0 Å². The Hall–Kier alpha value is -0.580. The van der Waals surface area contributed by atoms with Gasteiger partial charge in [-0.3, -0.25) is 0 Å². The van der Waals surface area contributed by atoms with Crippen molar-refractivity contribution in [3.8, 4) is 0 Å². The maximum absolute atomic E-state index is 3.43. The lowest BCUT2D eigenvalue weighted by Crippen LogP contribution is -2.37. The molecule has 122 valence electrons. The molecular weight excluding hydrogens is 278 g/mol. The monoisotopic (exact) mass is 311 g/mol. The smallest absolute Gasteiger partial charge is 0.0906 e. The van der Waals surface area contributed by atoms with Crippen LogP contribution in [-0.2, 0) is 0 Å². The van der Waals surface area contributed by atoms with Gasteiger partial charge in [-0.05, 0) is 56.4 Å². The maximum atomic E-state index is 3.43. The molecule has 1 saturated heterocycles. The van der Waals surface area contributed by atoms with Crippen molar-refractivity contribution in [2.24, 2.45) is 5.92 Å². The summed E-state index contributed by atoms with van der Waals surface area (Å²) in [7, 11) is 4.44. The molecule has 0 bridgehead atoms. The van der Waals surface area contributed by atoms with Gasteiger partial charge in [-0.25, -0.2) is 0 Å². The van der Waals surface area contributed by atoms with E-state index in [9.17, 15) is 0 Å². The Morgan fingerprint density at radius 2 is 1.86 bits per heavy atom. The summed E-state index contributed by atoms with van der Waals surface area (Å²) in [5.74, 6) is 0.892. The average Bonchev–Trinajstić information content (AvgIpc) is 3.01. The summed E-state index contributed by atoms with van der Waals surface area (Å²) in [6, 6.07) is 4.31. The van der Waals surface area contributed by atoms with E-state index in [0.717, 1.165) is 19.0 Å². The molecule has 1 aromatic heterocycles. The molecule has 1 aliphatic heterocycles. The van der Waals surface area contributed by atoms with E-state index >= 15 is 0 Å². The van der Waals surface area contributed by atoms with E-state index < -0.39 is 0 Å². The van der Waals surface area contributed by atoms with E-state index in [-0.39, 0.29) is 0 Å². The minimum Gasteiger partial charge on any atom is -0.365 e. The fraction of sp³-hybridized carbons (Fsp3) is 0.765. The Morgan fingerprint density at radius 3 is 2.43 bits per heavy atom. The molecule has 2 heterocycles. The highest BCUT2D eigenvalue weighted by atomic mass is 32.1. The molecule has 1 fully saturated rings. The number of nitrogens with one attached hydrogen (secondary N) is 1. The number of nitrogens with zero attached hydrogens (tertiary/aromatic N) is 2. The normalized spacial score (nSPS) is 15.7. The first kappa shape index (κ1) is 18.5. The van der Waals surface area contributed by atoms with Gasteiger partial charge in [-0.1, -0.05) is 20.3 Å². The summed E-state index contributed by atoms with van der Waals surface area (Å²) >= 11 is 1.82. The number of likely N-dealkylation sites (N-methyl/N-ethyl adjacent to an activating group) is 2. The van der Waals surface area contributed by atoms with Gasteiger partial charge in [0.2, 0.25) is 0 Å².